The lowest BCUT2D eigenvalue weighted by Gasteiger charge is -2.30. The van der Waals surface area contributed by atoms with E-state index < -0.39 is 8.07 Å². The topological polar surface area (TPSA) is 0 Å². The molecule has 1 aliphatic carbocycles. The molecule has 0 aromatic heterocycles. The second-order valence-electron chi connectivity index (χ2n) is 7.07. The van der Waals surface area contributed by atoms with Gasteiger partial charge in [-0.1, -0.05) is 70.9 Å². The first-order valence-corrected chi connectivity index (χ1v) is 10.6. The summed E-state index contributed by atoms with van der Waals surface area (Å²) in [5.41, 5.74) is 7.45. The third-order valence-corrected chi connectivity index (χ3v) is 9.14. The molecule has 0 nitrogen and oxygen atoms in total. The number of aryl methyl sites for hydroxylation is 2. The molecule has 0 fully saturated rings. The lowest BCUT2D eigenvalue weighted by Crippen LogP contribution is -2.46. The minimum absolute atomic E-state index is 0.623. The maximum atomic E-state index is 2.52. The normalized spacial score (nSPS) is 20.1. The minimum Gasteiger partial charge on any atom is -0.0662 e. The van der Waals surface area contributed by atoms with Crippen LogP contribution in [-0.4, -0.2) is 8.07 Å². The highest BCUT2D eigenvalue weighted by molar-refractivity contribution is 6.96. The molecule has 2 rings (SSSR count). The lowest BCUT2D eigenvalue weighted by atomic mass is 10.1. The van der Waals surface area contributed by atoms with Gasteiger partial charge in [0.25, 0.3) is 0 Å². The van der Waals surface area contributed by atoms with Crippen LogP contribution in [0.1, 0.15) is 38.8 Å². The quantitative estimate of drug-likeness (QED) is 0.666. The molecule has 1 heteroatoms. The Balaban J connectivity index is 2.57. The van der Waals surface area contributed by atoms with Gasteiger partial charge in [-0.3, -0.25) is 0 Å². The molecule has 1 aliphatic rings. The van der Waals surface area contributed by atoms with E-state index in [1.54, 1.807) is 21.5 Å². The molecule has 0 spiro atoms. The fraction of sp³-hybridized carbons (Fsp3) is 0.474. The molecule has 0 saturated heterocycles. The van der Waals surface area contributed by atoms with E-state index in [1.807, 2.05) is 0 Å². The fourth-order valence-electron chi connectivity index (χ4n) is 3.86. The predicted molar refractivity (Wildman–Crippen MR) is 93.3 cm³/mol. The van der Waals surface area contributed by atoms with E-state index in [1.165, 1.54) is 16.7 Å². The molecular formula is C19H28Si. The van der Waals surface area contributed by atoms with Crippen LogP contribution in [0, 0.1) is 19.8 Å². The Morgan fingerprint density at radius 1 is 0.800 bits per heavy atom. The summed E-state index contributed by atoms with van der Waals surface area (Å²) in [6.07, 6.45) is 0. The largest absolute Gasteiger partial charge is 0.108 e. The maximum absolute atomic E-state index is 2.52. The zero-order valence-electron chi connectivity index (χ0n) is 14.3. The van der Waals surface area contributed by atoms with Crippen molar-refractivity contribution in [1.82, 2.24) is 0 Å². The van der Waals surface area contributed by atoms with E-state index in [4.69, 9.17) is 0 Å². The molecule has 0 N–H and O–H groups in total. The van der Waals surface area contributed by atoms with Gasteiger partial charge in [0, 0.05) is 0 Å². The first-order valence-electron chi connectivity index (χ1n) is 7.64. The van der Waals surface area contributed by atoms with Gasteiger partial charge in [0.2, 0.25) is 0 Å². The molecule has 108 valence electrons. The zero-order chi connectivity index (χ0) is 15.2. The Morgan fingerprint density at radius 2 is 1.30 bits per heavy atom. The summed E-state index contributed by atoms with van der Waals surface area (Å²) >= 11 is 0. The van der Waals surface area contributed by atoms with Crippen LogP contribution in [0.5, 0.6) is 0 Å². The number of allylic oxidation sites excluding steroid dienone is 4. The Hall–Kier alpha value is -1.08. The Morgan fingerprint density at radius 3 is 1.70 bits per heavy atom. The summed E-state index contributed by atoms with van der Waals surface area (Å²) in [6.45, 7) is 18.8. The Bertz CT molecular complexity index is 594. The summed E-state index contributed by atoms with van der Waals surface area (Å²) in [7, 11) is -1.58. The number of benzene rings is 1. The van der Waals surface area contributed by atoms with Crippen molar-refractivity contribution in [2.75, 3.05) is 0 Å². The lowest BCUT2D eigenvalue weighted by molar-refractivity contribution is 0.849. The van der Waals surface area contributed by atoms with Gasteiger partial charge in [-0.05, 0) is 46.1 Å². The Labute approximate surface area is 125 Å². The highest BCUT2D eigenvalue weighted by Gasteiger charge is 2.37. The van der Waals surface area contributed by atoms with Gasteiger partial charge < -0.3 is 0 Å². The minimum atomic E-state index is -1.58. The average molecular weight is 285 g/mol. The van der Waals surface area contributed by atoms with Gasteiger partial charge in [0.15, 0.2) is 0 Å². The molecule has 0 aliphatic heterocycles. The molecule has 1 aromatic carbocycles. The van der Waals surface area contributed by atoms with Gasteiger partial charge in [-0.25, -0.2) is 0 Å². The molecule has 1 atom stereocenters. The van der Waals surface area contributed by atoms with Crippen molar-refractivity contribution in [3.63, 3.8) is 0 Å². The second kappa shape index (κ2) is 5.03. The van der Waals surface area contributed by atoms with Gasteiger partial charge >= 0.3 is 0 Å². The van der Waals surface area contributed by atoms with Crippen molar-refractivity contribution >= 4 is 13.3 Å². The smallest absolute Gasteiger partial charge is 0.0662 e. The summed E-state index contributed by atoms with van der Waals surface area (Å²) in [6, 6.07) is 7.10. The van der Waals surface area contributed by atoms with Crippen LogP contribution in [0.3, 0.4) is 0 Å². The van der Waals surface area contributed by atoms with Crippen molar-refractivity contribution in [2.45, 2.75) is 54.6 Å². The highest BCUT2D eigenvalue weighted by Crippen LogP contribution is 2.41. The van der Waals surface area contributed by atoms with E-state index in [0.717, 1.165) is 0 Å². The van der Waals surface area contributed by atoms with Crippen molar-refractivity contribution in [3.8, 4) is 0 Å². The van der Waals surface area contributed by atoms with Gasteiger partial charge in [0.05, 0.1) is 0 Å². The van der Waals surface area contributed by atoms with Crippen LogP contribution in [0.4, 0.5) is 0 Å². The van der Waals surface area contributed by atoms with Crippen molar-refractivity contribution in [1.29, 1.82) is 0 Å². The summed E-state index contributed by atoms with van der Waals surface area (Å²) < 4.78 is 0. The third-order valence-electron chi connectivity index (χ3n) is 5.26. The van der Waals surface area contributed by atoms with E-state index in [9.17, 15) is 0 Å². The zero-order valence-corrected chi connectivity index (χ0v) is 15.3. The van der Waals surface area contributed by atoms with Gasteiger partial charge in [0.1, 0.15) is 8.07 Å². The molecular weight excluding hydrogens is 256 g/mol. The molecule has 1 aromatic rings. The number of hydrogen-bond acceptors (Lipinski definition) is 0. The molecule has 0 bridgehead atoms. The molecule has 0 radical (unpaired) electrons. The molecule has 0 saturated carbocycles. The van der Waals surface area contributed by atoms with Crippen LogP contribution in [0.15, 0.2) is 40.1 Å². The first-order chi connectivity index (χ1) is 9.16. The van der Waals surface area contributed by atoms with Crippen molar-refractivity contribution in [2.24, 2.45) is 5.92 Å². The van der Waals surface area contributed by atoms with E-state index in [-0.39, 0.29) is 0 Å². The van der Waals surface area contributed by atoms with Gasteiger partial charge in [-0.15, -0.1) is 0 Å². The van der Waals surface area contributed by atoms with Crippen LogP contribution in [0.2, 0.25) is 13.1 Å². The third kappa shape index (κ3) is 2.33. The van der Waals surface area contributed by atoms with E-state index >= 15 is 0 Å². The highest BCUT2D eigenvalue weighted by atomic mass is 28.3. The monoisotopic (exact) mass is 284 g/mol. The van der Waals surface area contributed by atoms with Crippen LogP contribution in [-0.2, 0) is 0 Å². The van der Waals surface area contributed by atoms with Crippen molar-refractivity contribution < 1.29 is 0 Å². The van der Waals surface area contributed by atoms with Gasteiger partial charge in [-0.2, -0.15) is 0 Å². The number of hydrogen-bond donors (Lipinski definition) is 0. The maximum Gasteiger partial charge on any atom is 0.108 e. The summed E-state index contributed by atoms with van der Waals surface area (Å²) in [5.74, 6) is 0.623. The molecule has 0 amide bonds. The molecule has 0 heterocycles. The molecule has 20 heavy (non-hydrogen) atoms. The number of rotatable bonds is 2. The van der Waals surface area contributed by atoms with Crippen LogP contribution >= 0.6 is 0 Å². The predicted octanol–water partition coefficient (Wildman–Crippen LogP) is 5.06. The average Bonchev–Trinajstić information content (AvgIpc) is 2.53. The second-order valence-corrected chi connectivity index (χ2v) is 11.4. The first kappa shape index (κ1) is 15.3. The summed E-state index contributed by atoms with van der Waals surface area (Å²) in [5, 5.41) is 3.32. The van der Waals surface area contributed by atoms with Crippen LogP contribution < -0.4 is 5.19 Å². The Kier molecular flexibility index (Phi) is 3.85. The van der Waals surface area contributed by atoms with Crippen molar-refractivity contribution in [3.05, 3.63) is 51.2 Å². The van der Waals surface area contributed by atoms with E-state index in [0.29, 0.717) is 5.92 Å². The molecule has 1 unspecified atom stereocenters. The summed E-state index contributed by atoms with van der Waals surface area (Å²) in [4.78, 5) is 0. The standard InChI is InChI=1S/C19H28Si/c1-12-9-13(2)11-18(10-12)20(7,8)19-16(5)14(3)15(4)17(19)6/h9-11,16H,1-8H3. The van der Waals surface area contributed by atoms with E-state index in [2.05, 4.69) is 72.8 Å². The SMILES string of the molecule is CC1=C(C)C(C)C([Si](C)(C)c2cc(C)cc(C)c2)=C1C. The fourth-order valence-corrected chi connectivity index (χ4v) is 7.78. The van der Waals surface area contributed by atoms with Crippen LogP contribution in [0.25, 0.3) is 0 Å².